The number of rotatable bonds is 5. The Bertz CT molecular complexity index is 957. The first-order valence-electron chi connectivity index (χ1n) is 9.81. The highest BCUT2D eigenvalue weighted by Gasteiger charge is 2.44. The summed E-state index contributed by atoms with van der Waals surface area (Å²) in [6, 6.07) is 3.99. The van der Waals surface area contributed by atoms with Gasteiger partial charge in [-0.3, -0.25) is 0 Å². The van der Waals surface area contributed by atoms with Gasteiger partial charge in [0.05, 0.1) is 11.4 Å². The van der Waals surface area contributed by atoms with E-state index < -0.39 is 10.0 Å². The molecule has 0 spiro atoms. The summed E-state index contributed by atoms with van der Waals surface area (Å²) in [6.45, 7) is 10.8. The lowest BCUT2D eigenvalue weighted by molar-refractivity contribution is 0.447. The maximum absolute atomic E-state index is 12.5. The van der Waals surface area contributed by atoms with Crippen LogP contribution < -0.4 is 4.90 Å². The molecule has 0 radical (unpaired) electrons. The van der Waals surface area contributed by atoms with Gasteiger partial charge in [-0.05, 0) is 37.7 Å². The zero-order valence-electron chi connectivity index (χ0n) is 16.9. The zero-order valence-corrected chi connectivity index (χ0v) is 17.7. The number of hydrogen-bond donors (Lipinski definition) is 0. The van der Waals surface area contributed by atoms with Gasteiger partial charge in [-0.25, -0.2) is 27.4 Å². The van der Waals surface area contributed by atoms with Gasteiger partial charge >= 0.3 is 0 Å². The molecule has 0 saturated carbocycles. The Morgan fingerprint density at radius 3 is 2.25 bits per heavy atom. The highest BCUT2D eigenvalue weighted by molar-refractivity contribution is 7.89. The van der Waals surface area contributed by atoms with Crippen LogP contribution in [0.4, 0.5) is 5.82 Å². The van der Waals surface area contributed by atoms with Crippen molar-refractivity contribution in [2.45, 2.75) is 27.7 Å². The topological polar surface area (TPSA) is 84.2 Å². The van der Waals surface area contributed by atoms with Crippen molar-refractivity contribution in [2.24, 2.45) is 17.8 Å². The molecular weight excluding hydrogens is 376 g/mol. The van der Waals surface area contributed by atoms with Gasteiger partial charge in [0.25, 0.3) is 0 Å². The molecule has 152 valence electrons. The van der Waals surface area contributed by atoms with Gasteiger partial charge < -0.3 is 4.90 Å². The van der Waals surface area contributed by atoms with Crippen LogP contribution in [0, 0.1) is 31.6 Å². The summed E-state index contributed by atoms with van der Waals surface area (Å²) in [6.07, 6.45) is 1.58. The van der Waals surface area contributed by atoms with E-state index in [-0.39, 0.29) is 11.7 Å². The quantitative estimate of drug-likeness (QED) is 0.753. The normalized spacial score (nSPS) is 23.0. The molecule has 28 heavy (non-hydrogen) atoms. The number of hydrogen-bond acceptors (Lipinski definition) is 6. The monoisotopic (exact) mass is 404 g/mol. The molecule has 2 atom stereocenters. The van der Waals surface area contributed by atoms with E-state index in [4.69, 9.17) is 0 Å². The summed E-state index contributed by atoms with van der Waals surface area (Å²) in [5, 5.41) is 4.50. The molecule has 4 rings (SSSR count). The predicted molar refractivity (Wildman–Crippen MR) is 108 cm³/mol. The summed E-state index contributed by atoms with van der Waals surface area (Å²) in [4.78, 5) is 11.1. The number of aryl methyl sites for hydroxylation is 2. The molecule has 8 nitrogen and oxygen atoms in total. The second kappa shape index (κ2) is 7.11. The van der Waals surface area contributed by atoms with Crippen LogP contribution in [0.25, 0.3) is 5.82 Å². The smallest absolute Gasteiger partial charge is 0.214 e. The van der Waals surface area contributed by atoms with Crippen molar-refractivity contribution in [1.29, 1.82) is 0 Å². The number of aromatic nitrogens is 4. The van der Waals surface area contributed by atoms with Gasteiger partial charge in [0, 0.05) is 37.9 Å². The minimum Gasteiger partial charge on any atom is -0.356 e. The first-order chi connectivity index (χ1) is 13.2. The number of sulfonamides is 1. The third-order valence-electron chi connectivity index (χ3n) is 5.58. The lowest BCUT2D eigenvalue weighted by Gasteiger charge is -2.23. The van der Waals surface area contributed by atoms with Gasteiger partial charge in [-0.15, -0.1) is 0 Å². The van der Waals surface area contributed by atoms with E-state index in [0.717, 1.165) is 36.1 Å². The second-order valence-electron chi connectivity index (χ2n) is 8.49. The lowest BCUT2D eigenvalue weighted by Crippen LogP contribution is -2.36. The minimum atomic E-state index is -3.15. The number of anilines is 1. The molecule has 2 aromatic rings. The fraction of sp³-hybridized carbons (Fsp3) is 0.632. The Labute approximate surface area is 166 Å². The Morgan fingerprint density at radius 1 is 1.04 bits per heavy atom. The minimum absolute atomic E-state index is 0.149. The molecular formula is C19H28N6O2S. The van der Waals surface area contributed by atoms with Crippen LogP contribution in [0.2, 0.25) is 0 Å². The zero-order chi connectivity index (χ0) is 20.1. The van der Waals surface area contributed by atoms with Crippen LogP contribution in [0.15, 0.2) is 18.5 Å². The van der Waals surface area contributed by atoms with E-state index in [1.807, 2.05) is 44.5 Å². The van der Waals surface area contributed by atoms with Gasteiger partial charge in [-0.1, -0.05) is 13.8 Å². The Morgan fingerprint density at radius 2 is 1.68 bits per heavy atom. The van der Waals surface area contributed by atoms with Crippen molar-refractivity contribution in [3.63, 3.8) is 0 Å². The van der Waals surface area contributed by atoms with Crippen LogP contribution in [-0.2, 0) is 10.0 Å². The molecule has 0 amide bonds. The Kier molecular flexibility index (Phi) is 4.91. The molecule has 2 fully saturated rings. The molecule has 0 bridgehead atoms. The number of fused-ring (bicyclic) bond motifs is 1. The average molecular weight is 405 g/mol. The second-order valence-corrected chi connectivity index (χ2v) is 10.5. The maximum Gasteiger partial charge on any atom is 0.214 e. The Hall–Kier alpha value is -2.00. The Balaban J connectivity index is 1.47. The maximum atomic E-state index is 12.5. The van der Waals surface area contributed by atoms with E-state index in [1.54, 1.807) is 10.6 Å². The van der Waals surface area contributed by atoms with Crippen LogP contribution in [0.3, 0.4) is 0 Å². The van der Waals surface area contributed by atoms with Crippen molar-refractivity contribution < 1.29 is 8.42 Å². The van der Waals surface area contributed by atoms with E-state index in [2.05, 4.69) is 20.0 Å². The van der Waals surface area contributed by atoms with Gasteiger partial charge in [0.2, 0.25) is 10.0 Å². The molecule has 0 aromatic carbocycles. The standard InChI is InChI=1S/C19H28N6O2S/c1-13(2)11-28(26,27)24-9-16-7-23(8-17(16)10-24)18-6-19(21-12-20-18)25-15(4)5-14(3)22-25/h5-6,12-13,16-17H,7-11H2,1-4H3. The van der Waals surface area contributed by atoms with Crippen LogP contribution in [0.1, 0.15) is 25.2 Å². The van der Waals surface area contributed by atoms with Crippen LogP contribution in [-0.4, -0.2) is 64.4 Å². The van der Waals surface area contributed by atoms with E-state index in [9.17, 15) is 8.42 Å². The molecule has 2 aliphatic rings. The summed E-state index contributed by atoms with van der Waals surface area (Å²) in [5.41, 5.74) is 1.99. The summed E-state index contributed by atoms with van der Waals surface area (Å²) in [7, 11) is -3.15. The van der Waals surface area contributed by atoms with Crippen molar-refractivity contribution >= 4 is 15.8 Å². The first kappa shape index (κ1) is 19.3. The molecule has 0 N–H and O–H groups in total. The SMILES string of the molecule is Cc1cc(C)n(-c2cc(N3CC4CN(S(=O)(=O)CC(C)C)CC4C3)ncn2)n1. The van der Waals surface area contributed by atoms with Gasteiger partial charge in [-0.2, -0.15) is 5.10 Å². The van der Waals surface area contributed by atoms with Crippen LogP contribution in [0.5, 0.6) is 0 Å². The molecule has 2 saturated heterocycles. The van der Waals surface area contributed by atoms with Crippen molar-refractivity contribution in [1.82, 2.24) is 24.1 Å². The van der Waals surface area contributed by atoms with Crippen molar-refractivity contribution in [3.8, 4) is 5.82 Å². The summed E-state index contributed by atoms with van der Waals surface area (Å²) >= 11 is 0. The van der Waals surface area contributed by atoms with Crippen LogP contribution >= 0.6 is 0 Å². The highest BCUT2D eigenvalue weighted by atomic mass is 32.2. The highest BCUT2D eigenvalue weighted by Crippen LogP contribution is 2.35. The molecule has 2 unspecified atom stereocenters. The summed E-state index contributed by atoms with van der Waals surface area (Å²) < 4.78 is 28.6. The molecule has 4 heterocycles. The largest absolute Gasteiger partial charge is 0.356 e. The van der Waals surface area contributed by atoms with Crippen molar-refractivity contribution in [3.05, 3.63) is 29.8 Å². The fourth-order valence-electron chi connectivity index (χ4n) is 4.38. The van der Waals surface area contributed by atoms with E-state index in [1.165, 1.54) is 0 Å². The molecule has 2 aromatic heterocycles. The first-order valence-corrected chi connectivity index (χ1v) is 11.4. The molecule has 9 heteroatoms. The van der Waals surface area contributed by atoms with Gasteiger partial charge in [0.1, 0.15) is 12.1 Å². The van der Waals surface area contributed by atoms with E-state index in [0.29, 0.717) is 24.9 Å². The third-order valence-corrected chi connectivity index (χ3v) is 7.75. The fourth-order valence-corrected chi connectivity index (χ4v) is 6.27. The third kappa shape index (κ3) is 3.65. The summed E-state index contributed by atoms with van der Waals surface area (Å²) in [5.74, 6) is 2.73. The molecule has 0 aliphatic carbocycles. The van der Waals surface area contributed by atoms with E-state index >= 15 is 0 Å². The predicted octanol–water partition coefficient (Wildman–Crippen LogP) is 1.63. The lowest BCUT2D eigenvalue weighted by atomic mass is 10.0. The van der Waals surface area contributed by atoms with Crippen molar-refractivity contribution in [2.75, 3.05) is 36.8 Å². The molecule has 2 aliphatic heterocycles. The van der Waals surface area contributed by atoms with Gasteiger partial charge in [0.15, 0.2) is 5.82 Å². The average Bonchev–Trinajstić information content (AvgIpc) is 3.26. The number of nitrogens with zero attached hydrogens (tertiary/aromatic N) is 6.